The Morgan fingerprint density at radius 1 is 1.00 bits per heavy atom. The third-order valence-electron chi connectivity index (χ3n) is 2.17. The molecular weight excluding hydrogens is 194 g/mol. The van der Waals surface area contributed by atoms with Crippen LogP contribution in [0.4, 0.5) is 0 Å². The van der Waals surface area contributed by atoms with Crippen molar-refractivity contribution in [3.8, 4) is 0 Å². The van der Waals surface area contributed by atoms with E-state index in [0.29, 0.717) is 0 Å². The molecule has 0 radical (unpaired) electrons. The molecule has 1 N–H and O–H groups in total. The summed E-state index contributed by atoms with van der Waals surface area (Å²) in [6, 6.07) is 0. The first kappa shape index (κ1) is 17.6. The number of rotatable bonds is 2. The van der Waals surface area contributed by atoms with Crippen LogP contribution in [0.15, 0.2) is 36.0 Å². The van der Waals surface area contributed by atoms with Crippen LogP contribution in [0, 0.1) is 0 Å². The van der Waals surface area contributed by atoms with Crippen molar-refractivity contribution in [1.29, 1.82) is 0 Å². The molecule has 1 aliphatic rings. The molecular formula is C15H29N. The zero-order valence-corrected chi connectivity index (χ0v) is 11.8. The molecule has 0 spiro atoms. The molecule has 94 valence electrons. The van der Waals surface area contributed by atoms with E-state index in [1.54, 1.807) is 0 Å². The van der Waals surface area contributed by atoms with Gasteiger partial charge in [-0.2, -0.15) is 0 Å². The normalized spacial score (nSPS) is 15.6. The molecule has 1 rings (SSSR count). The smallest absolute Gasteiger partial charge is 0.000812 e. The minimum atomic E-state index is 1.09. The standard InChI is InChI=1S/C11H17N.2C2H6/c1-3-5-11-7-9-12-8-6-10(11)4-2;2*1-2/h3-5,12H,2,6-9H2,1H3;2*1-2H3/b5-3-;;. The quantitative estimate of drug-likeness (QED) is 0.727. The first-order valence-electron chi connectivity index (χ1n) is 6.56. The van der Waals surface area contributed by atoms with Crippen LogP contribution in [0.25, 0.3) is 0 Å². The van der Waals surface area contributed by atoms with Gasteiger partial charge in [0.1, 0.15) is 0 Å². The van der Waals surface area contributed by atoms with E-state index < -0.39 is 0 Å². The Morgan fingerprint density at radius 2 is 1.50 bits per heavy atom. The second-order valence-electron chi connectivity index (χ2n) is 3.00. The van der Waals surface area contributed by atoms with Crippen molar-refractivity contribution >= 4 is 0 Å². The Bertz CT molecular complexity index is 211. The van der Waals surface area contributed by atoms with Crippen molar-refractivity contribution < 1.29 is 0 Å². The van der Waals surface area contributed by atoms with Gasteiger partial charge >= 0.3 is 0 Å². The summed E-state index contributed by atoms with van der Waals surface area (Å²) in [6.45, 7) is 16.1. The van der Waals surface area contributed by atoms with Crippen LogP contribution in [-0.2, 0) is 0 Å². The van der Waals surface area contributed by atoms with Crippen LogP contribution in [-0.4, -0.2) is 13.1 Å². The van der Waals surface area contributed by atoms with Crippen molar-refractivity contribution in [2.45, 2.75) is 47.5 Å². The molecule has 0 atom stereocenters. The van der Waals surface area contributed by atoms with Gasteiger partial charge in [-0.05, 0) is 44.0 Å². The molecule has 0 saturated carbocycles. The topological polar surface area (TPSA) is 12.0 Å². The molecule has 0 saturated heterocycles. The summed E-state index contributed by atoms with van der Waals surface area (Å²) >= 11 is 0. The average Bonchev–Trinajstić information content (AvgIpc) is 2.60. The monoisotopic (exact) mass is 223 g/mol. The Kier molecular flexibility index (Phi) is 15.6. The number of hydrogen-bond donors (Lipinski definition) is 1. The van der Waals surface area contributed by atoms with Gasteiger partial charge in [0.15, 0.2) is 0 Å². The summed E-state index contributed by atoms with van der Waals surface area (Å²) in [5.74, 6) is 0. The van der Waals surface area contributed by atoms with Crippen LogP contribution in [0.2, 0.25) is 0 Å². The average molecular weight is 223 g/mol. The van der Waals surface area contributed by atoms with Gasteiger partial charge in [-0.1, -0.05) is 52.5 Å². The zero-order chi connectivity index (χ0) is 12.8. The highest BCUT2D eigenvalue weighted by molar-refractivity contribution is 5.33. The summed E-state index contributed by atoms with van der Waals surface area (Å²) in [6.07, 6.45) is 8.53. The highest BCUT2D eigenvalue weighted by atomic mass is 14.8. The summed E-state index contributed by atoms with van der Waals surface area (Å²) in [5, 5.41) is 3.38. The SMILES string of the molecule is C=CC1=C(/C=C\C)CCNCC1.CC.CC. The first-order valence-corrected chi connectivity index (χ1v) is 6.56. The third-order valence-corrected chi connectivity index (χ3v) is 2.17. The highest BCUT2D eigenvalue weighted by Gasteiger charge is 2.04. The van der Waals surface area contributed by atoms with E-state index in [2.05, 4.69) is 31.0 Å². The number of allylic oxidation sites excluding steroid dienone is 3. The third kappa shape index (κ3) is 7.47. The lowest BCUT2D eigenvalue weighted by Gasteiger charge is -2.02. The highest BCUT2D eigenvalue weighted by Crippen LogP contribution is 2.16. The predicted octanol–water partition coefficient (Wildman–Crippen LogP) is 4.48. The minimum absolute atomic E-state index is 1.09. The van der Waals surface area contributed by atoms with Gasteiger partial charge in [-0.25, -0.2) is 0 Å². The molecule has 1 heteroatoms. The van der Waals surface area contributed by atoms with Crippen LogP contribution in [0.3, 0.4) is 0 Å². The second-order valence-corrected chi connectivity index (χ2v) is 3.00. The lowest BCUT2D eigenvalue weighted by molar-refractivity contribution is 0.710. The minimum Gasteiger partial charge on any atom is -0.316 e. The summed E-state index contributed by atoms with van der Waals surface area (Å²) < 4.78 is 0. The summed E-state index contributed by atoms with van der Waals surface area (Å²) in [5.41, 5.74) is 2.84. The van der Waals surface area contributed by atoms with Crippen molar-refractivity contribution in [2.75, 3.05) is 13.1 Å². The predicted molar refractivity (Wildman–Crippen MR) is 76.8 cm³/mol. The van der Waals surface area contributed by atoms with Gasteiger partial charge < -0.3 is 5.32 Å². The van der Waals surface area contributed by atoms with Crippen molar-refractivity contribution in [2.24, 2.45) is 0 Å². The summed E-state index contributed by atoms with van der Waals surface area (Å²) in [7, 11) is 0. The first-order chi connectivity index (χ1) is 7.88. The Balaban J connectivity index is 0. The molecule has 0 aromatic heterocycles. The molecule has 0 amide bonds. The van der Waals surface area contributed by atoms with Crippen molar-refractivity contribution in [3.05, 3.63) is 36.0 Å². The molecule has 1 nitrogen and oxygen atoms in total. The lowest BCUT2D eigenvalue weighted by atomic mass is 10.0. The molecule has 0 aliphatic carbocycles. The molecule has 0 bridgehead atoms. The van der Waals surface area contributed by atoms with E-state index in [9.17, 15) is 0 Å². The molecule has 0 aromatic carbocycles. The molecule has 16 heavy (non-hydrogen) atoms. The van der Waals surface area contributed by atoms with Gasteiger partial charge in [-0.3, -0.25) is 0 Å². The van der Waals surface area contributed by atoms with E-state index in [-0.39, 0.29) is 0 Å². The van der Waals surface area contributed by atoms with Crippen LogP contribution < -0.4 is 5.32 Å². The Hall–Kier alpha value is -0.820. The fourth-order valence-corrected chi connectivity index (χ4v) is 1.52. The van der Waals surface area contributed by atoms with E-state index in [1.807, 2.05) is 33.8 Å². The Labute approximate surface area is 102 Å². The van der Waals surface area contributed by atoms with Crippen molar-refractivity contribution in [3.63, 3.8) is 0 Å². The Morgan fingerprint density at radius 3 is 1.94 bits per heavy atom. The van der Waals surface area contributed by atoms with Gasteiger partial charge in [0, 0.05) is 0 Å². The van der Waals surface area contributed by atoms with E-state index in [4.69, 9.17) is 0 Å². The maximum atomic E-state index is 3.84. The maximum absolute atomic E-state index is 3.84. The largest absolute Gasteiger partial charge is 0.316 e. The molecule has 0 unspecified atom stereocenters. The second kappa shape index (κ2) is 14.2. The molecule has 1 heterocycles. The van der Waals surface area contributed by atoms with Gasteiger partial charge in [-0.15, -0.1) is 0 Å². The van der Waals surface area contributed by atoms with Crippen LogP contribution in [0.1, 0.15) is 47.5 Å². The zero-order valence-electron chi connectivity index (χ0n) is 11.8. The fourth-order valence-electron chi connectivity index (χ4n) is 1.52. The van der Waals surface area contributed by atoms with Crippen LogP contribution >= 0.6 is 0 Å². The molecule has 0 fully saturated rings. The lowest BCUT2D eigenvalue weighted by Crippen LogP contribution is -2.14. The number of hydrogen-bond acceptors (Lipinski definition) is 1. The van der Waals surface area contributed by atoms with Gasteiger partial charge in [0.05, 0.1) is 0 Å². The fraction of sp³-hybridized carbons (Fsp3) is 0.600. The van der Waals surface area contributed by atoms with E-state index >= 15 is 0 Å². The van der Waals surface area contributed by atoms with Crippen molar-refractivity contribution in [1.82, 2.24) is 5.32 Å². The van der Waals surface area contributed by atoms with E-state index in [0.717, 1.165) is 25.9 Å². The molecule has 1 aliphatic heterocycles. The number of nitrogens with one attached hydrogen (secondary N) is 1. The van der Waals surface area contributed by atoms with Gasteiger partial charge in [0.25, 0.3) is 0 Å². The summed E-state index contributed by atoms with van der Waals surface area (Å²) in [4.78, 5) is 0. The van der Waals surface area contributed by atoms with E-state index in [1.165, 1.54) is 11.1 Å². The maximum Gasteiger partial charge on any atom is -0.000812 e. The molecule has 0 aromatic rings. The van der Waals surface area contributed by atoms with Crippen LogP contribution in [0.5, 0.6) is 0 Å². The van der Waals surface area contributed by atoms with Gasteiger partial charge in [0.2, 0.25) is 0 Å².